The van der Waals surface area contributed by atoms with Crippen LogP contribution in [0.4, 0.5) is 4.39 Å². The Kier molecular flexibility index (Phi) is 4.33. The van der Waals surface area contributed by atoms with Gasteiger partial charge in [0.05, 0.1) is 5.56 Å². The maximum absolute atomic E-state index is 13.1. The van der Waals surface area contributed by atoms with Gasteiger partial charge in [-0.15, -0.1) is 6.42 Å². The average molecular weight is 282 g/mol. The third-order valence-electron chi connectivity index (χ3n) is 3.28. The van der Waals surface area contributed by atoms with E-state index in [2.05, 4.69) is 26.7 Å². The fourth-order valence-electron chi connectivity index (χ4n) is 2.02. The highest BCUT2D eigenvalue weighted by atomic mass is 19.1. The van der Waals surface area contributed by atoms with Crippen molar-refractivity contribution in [2.75, 3.05) is 0 Å². The molecule has 21 heavy (non-hydrogen) atoms. The van der Waals surface area contributed by atoms with Crippen molar-refractivity contribution in [1.29, 1.82) is 0 Å². The highest BCUT2D eigenvalue weighted by Crippen LogP contribution is 2.28. The lowest BCUT2D eigenvalue weighted by atomic mass is 9.86. The molecule has 0 bridgehead atoms. The highest BCUT2D eigenvalue weighted by Gasteiger charge is 2.15. The van der Waals surface area contributed by atoms with Gasteiger partial charge in [-0.25, -0.2) is 4.39 Å². The molecule has 2 aromatic carbocycles. The molecule has 0 fully saturated rings. The number of benzene rings is 2. The molecule has 0 atom stereocenters. The predicted octanol–water partition coefficient (Wildman–Crippen LogP) is 4.68. The Labute approximate surface area is 125 Å². The van der Waals surface area contributed by atoms with E-state index in [1.807, 2.05) is 24.3 Å². The predicted molar refractivity (Wildman–Crippen MR) is 83.8 cm³/mol. The van der Waals surface area contributed by atoms with E-state index in [1.54, 1.807) is 6.07 Å². The number of halogens is 1. The van der Waals surface area contributed by atoms with E-state index < -0.39 is 0 Å². The molecule has 2 heteroatoms. The molecule has 0 aliphatic heterocycles. The standard InChI is InChI=1S/C19H19FO/c1-5-15-12-16(19(2,3)4)9-10-18(15)21-13-14-7-6-8-17(20)11-14/h1,6-12H,13H2,2-4H3. The van der Waals surface area contributed by atoms with Crippen LogP contribution in [0, 0.1) is 18.2 Å². The molecular formula is C19H19FO. The normalized spacial score (nSPS) is 11.0. The number of ether oxygens (including phenoxy) is 1. The molecule has 0 N–H and O–H groups in total. The van der Waals surface area contributed by atoms with E-state index in [0.717, 1.165) is 16.7 Å². The van der Waals surface area contributed by atoms with Crippen molar-refractivity contribution < 1.29 is 9.13 Å². The summed E-state index contributed by atoms with van der Waals surface area (Å²) in [4.78, 5) is 0. The third kappa shape index (κ3) is 3.86. The SMILES string of the molecule is C#Cc1cc(C(C)(C)C)ccc1OCc1cccc(F)c1. The summed E-state index contributed by atoms with van der Waals surface area (Å²) in [6, 6.07) is 12.2. The first kappa shape index (κ1) is 15.1. The lowest BCUT2D eigenvalue weighted by Gasteiger charge is -2.20. The van der Waals surface area contributed by atoms with Crippen molar-refractivity contribution in [2.45, 2.75) is 32.8 Å². The van der Waals surface area contributed by atoms with Crippen LogP contribution in [0.5, 0.6) is 5.75 Å². The number of hydrogen-bond acceptors (Lipinski definition) is 1. The summed E-state index contributed by atoms with van der Waals surface area (Å²) in [7, 11) is 0. The molecule has 0 saturated carbocycles. The molecule has 0 saturated heterocycles. The molecule has 1 nitrogen and oxygen atoms in total. The van der Waals surface area contributed by atoms with Crippen LogP contribution in [-0.2, 0) is 12.0 Å². The maximum atomic E-state index is 13.1. The minimum atomic E-state index is -0.267. The lowest BCUT2D eigenvalue weighted by molar-refractivity contribution is 0.304. The Morgan fingerprint density at radius 3 is 2.52 bits per heavy atom. The van der Waals surface area contributed by atoms with Gasteiger partial charge in [0.25, 0.3) is 0 Å². The molecule has 0 aliphatic carbocycles. The Morgan fingerprint density at radius 1 is 1.14 bits per heavy atom. The Morgan fingerprint density at radius 2 is 1.90 bits per heavy atom. The van der Waals surface area contributed by atoms with Crippen LogP contribution in [0.3, 0.4) is 0 Å². The summed E-state index contributed by atoms with van der Waals surface area (Å²) >= 11 is 0. The molecule has 0 aliphatic rings. The zero-order chi connectivity index (χ0) is 15.5. The van der Waals surface area contributed by atoms with E-state index in [4.69, 9.17) is 11.2 Å². The Hall–Kier alpha value is -2.27. The van der Waals surface area contributed by atoms with Gasteiger partial charge in [0.15, 0.2) is 0 Å². The highest BCUT2D eigenvalue weighted by molar-refractivity contribution is 5.48. The van der Waals surface area contributed by atoms with Gasteiger partial charge in [-0.3, -0.25) is 0 Å². The summed E-state index contributed by atoms with van der Waals surface area (Å²) in [5.41, 5.74) is 2.69. The number of terminal acetylenes is 1. The molecule has 0 heterocycles. The minimum Gasteiger partial charge on any atom is -0.488 e. The van der Waals surface area contributed by atoms with E-state index in [9.17, 15) is 4.39 Å². The topological polar surface area (TPSA) is 9.23 Å². The van der Waals surface area contributed by atoms with Crippen LogP contribution in [-0.4, -0.2) is 0 Å². The van der Waals surface area contributed by atoms with E-state index in [0.29, 0.717) is 12.4 Å². The van der Waals surface area contributed by atoms with Crippen LogP contribution in [0.2, 0.25) is 0 Å². The molecule has 0 radical (unpaired) electrons. The third-order valence-corrected chi connectivity index (χ3v) is 3.28. The number of rotatable bonds is 3. The smallest absolute Gasteiger partial charge is 0.135 e. The van der Waals surface area contributed by atoms with Gasteiger partial charge < -0.3 is 4.74 Å². The largest absolute Gasteiger partial charge is 0.488 e. The van der Waals surface area contributed by atoms with Crippen molar-refractivity contribution >= 4 is 0 Å². The summed E-state index contributed by atoms with van der Waals surface area (Å²) in [6.07, 6.45) is 5.57. The summed E-state index contributed by atoms with van der Waals surface area (Å²) in [5.74, 6) is 3.04. The van der Waals surface area contributed by atoms with Crippen LogP contribution in [0.1, 0.15) is 37.5 Å². The van der Waals surface area contributed by atoms with Crippen LogP contribution >= 0.6 is 0 Å². The lowest BCUT2D eigenvalue weighted by Crippen LogP contribution is -2.11. The first-order valence-corrected chi connectivity index (χ1v) is 6.88. The molecule has 0 unspecified atom stereocenters. The Bertz CT molecular complexity index is 675. The van der Waals surface area contributed by atoms with Crippen molar-refractivity contribution in [3.8, 4) is 18.1 Å². The molecule has 2 rings (SSSR count). The number of hydrogen-bond donors (Lipinski definition) is 0. The summed E-state index contributed by atoms with van der Waals surface area (Å²) in [5, 5.41) is 0. The van der Waals surface area contributed by atoms with Crippen molar-refractivity contribution in [3.05, 3.63) is 65.0 Å². The van der Waals surface area contributed by atoms with E-state index in [-0.39, 0.29) is 11.2 Å². The first-order chi connectivity index (χ1) is 9.90. The molecule has 0 spiro atoms. The van der Waals surface area contributed by atoms with Gasteiger partial charge in [-0.2, -0.15) is 0 Å². The van der Waals surface area contributed by atoms with Crippen LogP contribution in [0.25, 0.3) is 0 Å². The first-order valence-electron chi connectivity index (χ1n) is 6.88. The van der Waals surface area contributed by atoms with Gasteiger partial charge in [-0.05, 0) is 40.8 Å². The summed E-state index contributed by atoms with van der Waals surface area (Å²) < 4.78 is 18.9. The minimum absolute atomic E-state index is 0.0344. The van der Waals surface area contributed by atoms with Crippen LogP contribution < -0.4 is 4.74 Å². The average Bonchev–Trinajstić information content (AvgIpc) is 2.44. The molecular weight excluding hydrogens is 263 g/mol. The van der Waals surface area contributed by atoms with E-state index in [1.165, 1.54) is 12.1 Å². The van der Waals surface area contributed by atoms with Crippen LogP contribution in [0.15, 0.2) is 42.5 Å². The molecule has 0 amide bonds. The van der Waals surface area contributed by atoms with Crippen molar-refractivity contribution in [3.63, 3.8) is 0 Å². The summed E-state index contributed by atoms with van der Waals surface area (Å²) in [6.45, 7) is 6.70. The zero-order valence-corrected chi connectivity index (χ0v) is 12.6. The fourth-order valence-corrected chi connectivity index (χ4v) is 2.02. The monoisotopic (exact) mass is 282 g/mol. The molecule has 2 aromatic rings. The molecule has 0 aromatic heterocycles. The fraction of sp³-hybridized carbons (Fsp3) is 0.263. The molecule has 108 valence electrons. The van der Waals surface area contributed by atoms with Gasteiger partial charge in [0.2, 0.25) is 0 Å². The Balaban J connectivity index is 2.19. The van der Waals surface area contributed by atoms with E-state index >= 15 is 0 Å². The van der Waals surface area contributed by atoms with Gasteiger partial charge >= 0.3 is 0 Å². The van der Waals surface area contributed by atoms with Crippen molar-refractivity contribution in [2.24, 2.45) is 0 Å². The van der Waals surface area contributed by atoms with Gasteiger partial charge in [-0.1, -0.05) is 44.9 Å². The second-order valence-corrected chi connectivity index (χ2v) is 6.02. The second-order valence-electron chi connectivity index (χ2n) is 6.02. The van der Waals surface area contributed by atoms with Crippen molar-refractivity contribution in [1.82, 2.24) is 0 Å². The maximum Gasteiger partial charge on any atom is 0.135 e. The van der Waals surface area contributed by atoms with Gasteiger partial charge in [0.1, 0.15) is 18.2 Å². The van der Waals surface area contributed by atoms with Gasteiger partial charge in [0, 0.05) is 0 Å². The second kappa shape index (κ2) is 6.01. The quantitative estimate of drug-likeness (QED) is 0.742. The zero-order valence-electron chi connectivity index (χ0n) is 12.6.